The zero-order valence-electron chi connectivity index (χ0n) is 8.59. The molecule has 0 saturated heterocycles. The molecule has 1 heteroatoms. The van der Waals surface area contributed by atoms with Gasteiger partial charge in [0.25, 0.3) is 0 Å². The van der Waals surface area contributed by atoms with Crippen LogP contribution < -0.4 is 5.32 Å². The average molecular weight is 175 g/mol. The molecule has 1 N–H and O–H groups in total. The number of benzene rings is 1. The maximum atomic E-state index is 3.52. The van der Waals surface area contributed by atoms with Crippen LogP contribution in [0.15, 0.2) is 18.2 Å². The third-order valence-electron chi connectivity index (χ3n) is 3.17. The quantitative estimate of drug-likeness (QED) is 0.691. The summed E-state index contributed by atoms with van der Waals surface area (Å²) in [4.78, 5) is 0. The van der Waals surface area contributed by atoms with Crippen molar-refractivity contribution in [3.8, 4) is 0 Å². The molecule has 0 radical (unpaired) electrons. The fourth-order valence-electron chi connectivity index (χ4n) is 2.21. The third kappa shape index (κ3) is 1.23. The number of aryl methyl sites for hydroxylation is 1. The van der Waals surface area contributed by atoms with Crippen molar-refractivity contribution in [1.82, 2.24) is 0 Å². The summed E-state index contributed by atoms with van der Waals surface area (Å²) in [6, 6.07) is 7.17. The molecule has 1 aliphatic heterocycles. The molecule has 13 heavy (non-hydrogen) atoms. The van der Waals surface area contributed by atoms with Gasteiger partial charge in [0.2, 0.25) is 0 Å². The van der Waals surface area contributed by atoms with Crippen molar-refractivity contribution in [2.24, 2.45) is 0 Å². The van der Waals surface area contributed by atoms with Crippen LogP contribution in [0.2, 0.25) is 0 Å². The van der Waals surface area contributed by atoms with Crippen LogP contribution in [0.5, 0.6) is 0 Å². The number of hydrogen-bond acceptors (Lipinski definition) is 1. The van der Waals surface area contributed by atoms with Gasteiger partial charge in [-0.2, -0.15) is 0 Å². The van der Waals surface area contributed by atoms with Crippen molar-refractivity contribution in [3.05, 3.63) is 29.3 Å². The van der Waals surface area contributed by atoms with E-state index >= 15 is 0 Å². The van der Waals surface area contributed by atoms with Gasteiger partial charge in [0.1, 0.15) is 0 Å². The predicted molar refractivity (Wildman–Crippen MR) is 57.3 cm³/mol. The average Bonchev–Trinajstić information content (AvgIpc) is 2.43. The first-order valence-electron chi connectivity index (χ1n) is 5.12. The fraction of sp³-hybridized carbons (Fsp3) is 0.500. The minimum Gasteiger partial charge on any atom is -0.382 e. The van der Waals surface area contributed by atoms with Gasteiger partial charge in [0.15, 0.2) is 0 Å². The number of anilines is 1. The zero-order valence-corrected chi connectivity index (χ0v) is 8.59. The van der Waals surface area contributed by atoms with Crippen LogP contribution >= 0.6 is 0 Å². The van der Waals surface area contributed by atoms with Crippen LogP contribution in [-0.4, -0.2) is 6.04 Å². The first-order chi connectivity index (χ1) is 6.24. The summed E-state index contributed by atoms with van der Waals surface area (Å²) in [6.07, 6.45) is 1.14. The summed E-state index contributed by atoms with van der Waals surface area (Å²) < 4.78 is 0. The van der Waals surface area contributed by atoms with Crippen molar-refractivity contribution < 1.29 is 0 Å². The normalized spacial score (nSPS) is 25.5. The smallest absolute Gasteiger partial charge is 0.0381 e. The largest absolute Gasteiger partial charge is 0.382 e. The highest BCUT2D eigenvalue weighted by atomic mass is 15.0. The summed E-state index contributed by atoms with van der Waals surface area (Å²) in [5.74, 6) is 0.658. The van der Waals surface area contributed by atoms with Gasteiger partial charge >= 0.3 is 0 Å². The van der Waals surface area contributed by atoms with E-state index in [1.165, 1.54) is 16.8 Å². The van der Waals surface area contributed by atoms with Crippen LogP contribution in [0.25, 0.3) is 0 Å². The van der Waals surface area contributed by atoms with Crippen molar-refractivity contribution in [1.29, 1.82) is 0 Å². The summed E-state index contributed by atoms with van der Waals surface area (Å²) in [5, 5.41) is 3.52. The number of fused-ring (bicyclic) bond motifs is 1. The van der Waals surface area contributed by atoms with E-state index in [0.717, 1.165) is 6.42 Å². The maximum absolute atomic E-state index is 3.52. The second-order valence-electron chi connectivity index (χ2n) is 3.95. The molecule has 0 aliphatic carbocycles. The van der Waals surface area contributed by atoms with E-state index in [9.17, 15) is 0 Å². The molecule has 2 rings (SSSR count). The van der Waals surface area contributed by atoms with Gasteiger partial charge in [-0.3, -0.25) is 0 Å². The summed E-state index contributed by atoms with van der Waals surface area (Å²) in [5.41, 5.74) is 4.39. The van der Waals surface area contributed by atoms with E-state index < -0.39 is 0 Å². The van der Waals surface area contributed by atoms with Gasteiger partial charge in [0.05, 0.1) is 0 Å². The van der Waals surface area contributed by atoms with E-state index in [-0.39, 0.29) is 0 Å². The molecule has 0 bridgehead atoms. The summed E-state index contributed by atoms with van der Waals surface area (Å²) >= 11 is 0. The lowest BCUT2D eigenvalue weighted by Crippen LogP contribution is -2.13. The SMILES string of the molecule is CCc1cccc2c1[C@@H](C)[C@@H](C)N2. The lowest BCUT2D eigenvalue weighted by molar-refractivity contribution is 0.685. The fourth-order valence-corrected chi connectivity index (χ4v) is 2.21. The van der Waals surface area contributed by atoms with Gasteiger partial charge in [-0.25, -0.2) is 0 Å². The van der Waals surface area contributed by atoms with Crippen LogP contribution in [0, 0.1) is 0 Å². The first-order valence-corrected chi connectivity index (χ1v) is 5.12. The Labute approximate surface area is 80.2 Å². The Balaban J connectivity index is 2.51. The van der Waals surface area contributed by atoms with E-state index in [1.807, 2.05) is 0 Å². The lowest BCUT2D eigenvalue weighted by atomic mass is 9.93. The predicted octanol–water partition coefficient (Wildman–Crippen LogP) is 3.17. The third-order valence-corrected chi connectivity index (χ3v) is 3.17. The Kier molecular flexibility index (Phi) is 2.03. The topological polar surface area (TPSA) is 12.0 Å². The number of hydrogen-bond donors (Lipinski definition) is 1. The van der Waals surface area contributed by atoms with Crippen molar-refractivity contribution in [2.45, 2.75) is 39.2 Å². The molecule has 0 saturated carbocycles. The molecule has 1 nitrogen and oxygen atoms in total. The minimum absolute atomic E-state index is 0.586. The molecule has 0 fully saturated rings. The Morgan fingerprint density at radius 1 is 1.31 bits per heavy atom. The molecular formula is C12H17N. The van der Waals surface area contributed by atoms with E-state index in [1.54, 1.807) is 0 Å². The highest BCUT2D eigenvalue weighted by molar-refractivity contribution is 5.61. The highest BCUT2D eigenvalue weighted by Gasteiger charge is 2.26. The molecular weight excluding hydrogens is 158 g/mol. The molecule has 1 aromatic rings. The Morgan fingerprint density at radius 2 is 2.08 bits per heavy atom. The van der Waals surface area contributed by atoms with Gasteiger partial charge < -0.3 is 5.32 Å². The molecule has 0 spiro atoms. The molecule has 0 unspecified atom stereocenters. The van der Waals surface area contributed by atoms with Crippen LogP contribution in [-0.2, 0) is 6.42 Å². The van der Waals surface area contributed by atoms with E-state index in [0.29, 0.717) is 12.0 Å². The molecule has 1 aromatic carbocycles. The zero-order chi connectivity index (χ0) is 9.42. The van der Waals surface area contributed by atoms with Crippen LogP contribution in [0.3, 0.4) is 0 Å². The molecule has 1 heterocycles. The monoisotopic (exact) mass is 175 g/mol. The van der Waals surface area contributed by atoms with Crippen molar-refractivity contribution in [3.63, 3.8) is 0 Å². The van der Waals surface area contributed by atoms with Gasteiger partial charge in [0, 0.05) is 17.6 Å². The Morgan fingerprint density at radius 3 is 2.77 bits per heavy atom. The number of rotatable bonds is 1. The van der Waals surface area contributed by atoms with Crippen molar-refractivity contribution >= 4 is 5.69 Å². The van der Waals surface area contributed by atoms with E-state index in [4.69, 9.17) is 0 Å². The summed E-state index contributed by atoms with van der Waals surface area (Å²) in [6.45, 7) is 6.79. The van der Waals surface area contributed by atoms with Gasteiger partial charge in [-0.05, 0) is 30.5 Å². The van der Waals surface area contributed by atoms with Crippen LogP contribution in [0.1, 0.15) is 37.8 Å². The van der Waals surface area contributed by atoms with E-state index in [2.05, 4.69) is 44.3 Å². The lowest BCUT2D eigenvalue weighted by Gasteiger charge is -2.11. The highest BCUT2D eigenvalue weighted by Crippen LogP contribution is 2.37. The molecule has 1 aliphatic rings. The first kappa shape index (κ1) is 8.61. The maximum Gasteiger partial charge on any atom is 0.0381 e. The molecule has 0 amide bonds. The van der Waals surface area contributed by atoms with Gasteiger partial charge in [-0.15, -0.1) is 0 Å². The summed E-state index contributed by atoms with van der Waals surface area (Å²) in [7, 11) is 0. The molecule has 2 atom stereocenters. The van der Waals surface area contributed by atoms with Crippen LogP contribution in [0.4, 0.5) is 5.69 Å². The second kappa shape index (κ2) is 3.06. The molecule has 70 valence electrons. The minimum atomic E-state index is 0.586. The second-order valence-corrected chi connectivity index (χ2v) is 3.95. The molecule has 0 aromatic heterocycles. The Hall–Kier alpha value is -0.980. The number of nitrogens with one attached hydrogen (secondary N) is 1. The standard InChI is InChI=1S/C12H17N/c1-4-10-6-5-7-11-12(10)8(2)9(3)13-11/h5-9,13H,4H2,1-3H3/t8-,9+/m0/s1. The van der Waals surface area contributed by atoms with Gasteiger partial charge in [-0.1, -0.05) is 26.0 Å². The Bertz CT molecular complexity index is 317. The van der Waals surface area contributed by atoms with Crippen molar-refractivity contribution in [2.75, 3.05) is 5.32 Å².